The fourth-order valence-electron chi connectivity index (χ4n) is 3.30. The number of carbonyl (C=O) groups is 1. The monoisotopic (exact) mass is 375 g/mol. The molecule has 3 aromatic rings. The number of rotatable bonds is 5. The van der Waals surface area contributed by atoms with E-state index in [9.17, 15) is 9.90 Å². The molecule has 0 atom stereocenters. The molecule has 0 bridgehead atoms. The lowest BCUT2D eigenvalue weighted by Gasteiger charge is -2.29. The Bertz CT molecular complexity index is 1000. The minimum atomic E-state index is -1.06. The third kappa shape index (κ3) is 3.81. The van der Waals surface area contributed by atoms with E-state index in [0.29, 0.717) is 23.9 Å². The Labute approximate surface area is 163 Å². The predicted octanol–water partition coefficient (Wildman–Crippen LogP) is 3.62. The largest absolute Gasteiger partial charge is 0.487 e. The van der Waals surface area contributed by atoms with Crippen molar-refractivity contribution in [1.29, 1.82) is 0 Å². The van der Waals surface area contributed by atoms with Gasteiger partial charge < -0.3 is 14.7 Å². The normalized spacial score (nSPS) is 13.1. The summed E-state index contributed by atoms with van der Waals surface area (Å²) in [6.45, 7) is 3.58. The highest BCUT2D eigenvalue weighted by Gasteiger charge is 2.21. The third-order valence-electron chi connectivity index (χ3n) is 4.90. The van der Waals surface area contributed by atoms with Crippen molar-refractivity contribution in [2.24, 2.45) is 0 Å². The molecule has 0 saturated heterocycles. The van der Waals surface area contributed by atoms with Crippen LogP contribution < -0.4 is 9.64 Å². The first-order chi connectivity index (χ1) is 13.6. The van der Waals surface area contributed by atoms with Gasteiger partial charge in [0.1, 0.15) is 17.9 Å². The van der Waals surface area contributed by atoms with E-state index in [4.69, 9.17) is 4.74 Å². The summed E-state index contributed by atoms with van der Waals surface area (Å²) in [7, 11) is 0. The van der Waals surface area contributed by atoms with Crippen LogP contribution in [0.3, 0.4) is 0 Å². The van der Waals surface area contributed by atoms with Gasteiger partial charge in [-0.2, -0.15) is 0 Å². The molecule has 1 aliphatic heterocycles. The summed E-state index contributed by atoms with van der Waals surface area (Å²) < 4.78 is 5.76. The smallest absolute Gasteiger partial charge is 0.339 e. The summed E-state index contributed by atoms with van der Waals surface area (Å²) in [5.74, 6) is 0.147. The molecule has 6 nitrogen and oxygen atoms in total. The molecule has 0 fully saturated rings. The quantitative estimate of drug-likeness (QED) is 0.734. The lowest BCUT2D eigenvalue weighted by atomic mass is 10.0. The van der Waals surface area contributed by atoms with Gasteiger partial charge >= 0.3 is 5.97 Å². The molecule has 2 heterocycles. The van der Waals surface area contributed by atoms with Crippen molar-refractivity contribution in [2.75, 3.05) is 11.4 Å². The Kier molecular flexibility index (Phi) is 4.93. The number of aryl methyl sites for hydroxylation is 1. The first-order valence-corrected chi connectivity index (χ1v) is 9.20. The van der Waals surface area contributed by atoms with E-state index in [2.05, 4.69) is 27.0 Å². The number of hydrogen-bond acceptors (Lipinski definition) is 5. The molecule has 1 aliphatic rings. The Hall–Kier alpha value is -3.41. The standard InChI is InChI=1S/C22H21N3O3/c1-15-6-8-18(9-7-15)28-14-20-19(21(26)27)12-23-22(24-20)25-11-10-16-4-2-3-5-17(16)13-25/h2-9,12H,10-11,13-14H2,1H3,(H,26,27). The highest BCUT2D eigenvalue weighted by atomic mass is 16.5. The zero-order valence-electron chi connectivity index (χ0n) is 15.6. The SMILES string of the molecule is Cc1ccc(OCc2nc(N3CCc4ccccc4C3)ncc2C(=O)O)cc1. The van der Waals surface area contributed by atoms with Crippen LogP contribution in [0.4, 0.5) is 5.95 Å². The zero-order valence-corrected chi connectivity index (χ0v) is 15.6. The molecule has 0 unspecified atom stereocenters. The summed E-state index contributed by atoms with van der Waals surface area (Å²) in [4.78, 5) is 22.5. The number of carboxylic acid groups (broad SMARTS) is 1. The molecule has 2 aromatic carbocycles. The van der Waals surface area contributed by atoms with Crippen molar-refractivity contribution < 1.29 is 14.6 Å². The van der Waals surface area contributed by atoms with Crippen LogP contribution in [0.2, 0.25) is 0 Å². The molecule has 0 amide bonds. The summed E-state index contributed by atoms with van der Waals surface area (Å²) >= 11 is 0. The van der Waals surface area contributed by atoms with Crippen LogP contribution in [-0.2, 0) is 19.6 Å². The van der Waals surface area contributed by atoms with E-state index in [-0.39, 0.29) is 12.2 Å². The van der Waals surface area contributed by atoms with Crippen molar-refractivity contribution in [3.05, 3.63) is 82.7 Å². The van der Waals surface area contributed by atoms with Crippen molar-refractivity contribution in [3.63, 3.8) is 0 Å². The first kappa shape index (κ1) is 18.0. The Morgan fingerprint density at radius 3 is 2.64 bits per heavy atom. The average Bonchev–Trinajstić information content (AvgIpc) is 2.72. The van der Waals surface area contributed by atoms with Gasteiger partial charge in [0.05, 0.1) is 5.69 Å². The van der Waals surface area contributed by atoms with E-state index < -0.39 is 5.97 Å². The zero-order chi connectivity index (χ0) is 19.5. The maximum absolute atomic E-state index is 11.6. The lowest BCUT2D eigenvalue weighted by molar-refractivity contribution is 0.0692. The second-order valence-corrected chi connectivity index (χ2v) is 6.88. The van der Waals surface area contributed by atoms with Gasteiger partial charge in [0, 0.05) is 19.3 Å². The topological polar surface area (TPSA) is 75.5 Å². The van der Waals surface area contributed by atoms with E-state index in [1.54, 1.807) is 0 Å². The van der Waals surface area contributed by atoms with Gasteiger partial charge in [0.25, 0.3) is 0 Å². The Morgan fingerprint density at radius 1 is 1.14 bits per heavy atom. The number of fused-ring (bicyclic) bond motifs is 1. The van der Waals surface area contributed by atoms with Gasteiger partial charge in [0.15, 0.2) is 0 Å². The molecule has 142 valence electrons. The van der Waals surface area contributed by atoms with Gasteiger partial charge in [-0.3, -0.25) is 0 Å². The molecule has 4 rings (SSSR count). The number of aromatic carboxylic acids is 1. The van der Waals surface area contributed by atoms with E-state index in [1.165, 1.54) is 17.3 Å². The van der Waals surface area contributed by atoms with E-state index >= 15 is 0 Å². The van der Waals surface area contributed by atoms with Crippen molar-refractivity contribution in [3.8, 4) is 5.75 Å². The number of anilines is 1. The summed E-state index contributed by atoms with van der Waals surface area (Å²) in [6.07, 6.45) is 2.29. The molecule has 28 heavy (non-hydrogen) atoms. The maximum Gasteiger partial charge on any atom is 0.339 e. The second kappa shape index (κ2) is 7.68. The van der Waals surface area contributed by atoms with Gasteiger partial charge in [-0.1, -0.05) is 42.0 Å². The van der Waals surface area contributed by atoms with Crippen LogP contribution in [0.15, 0.2) is 54.7 Å². The summed E-state index contributed by atoms with van der Waals surface area (Å²) in [5, 5.41) is 9.48. The van der Waals surface area contributed by atoms with Crippen LogP contribution in [0.1, 0.15) is 32.7 Å². The van der Waals surface area contributed by atoms with Crippen LogP contribution >= 0.6 is 0 Å². The molecule has 6 heteroatoms. The van der Waals surface area contributed by atoms with Crippen LogP contribution in [0.5, 0.6) is 5.75 Å². The van der Waals surface area contributed by atoms with Gasteiger partial charge in [-0.05, 0) is 36.6 Å². The highest BCUT2D eigenvalue weighted by Crippen LogP contribution is 2.23. The molecule has 1 aromatic heterocycles. The van der Waals surface area contributed by atoms with Crippen LogP contribution in [0.25, 0.3) is 0 Å². The van der Waals surface area contributed by atoms with Crippen LogP contribution in [0, 0.1) is 6.92 Å². The molecule has 0 radical (unpaired) electrons. The third-order valence-corrected chi connectivity index (χ3v) is 4.90. The second-order valence-electron chi connectivity index (χ2n) is 6.88. The molecule has 0 saturated carbocycles. The van der Waals surface area contributed by atoms with E-state index in [1.807, 2.05) is 43.3 Å². The Balaban J connectivity index is 1.57. The van der Waals surface area contributed by atoms with E-state index in [0.717, 1.165) is 18.5 Å². The first-order valence-electron chi connectivity index (χ1n) is 9.20. The number of aromatic nitrogens is 2. The molecule has 1 N–H and O–H groups in total. The minimum Gasteiger partial charge on any atom is -0.487 e. The number of carboxylic acids is 1. The summed E-state index contributed by atoms with van der Waals surface area (Å²) in [5.41, 5.74) is 4.15. The van der Waals surface area contributed by atoms with Crippen molar-refractivity contribution in [1.82, 2.24) is 9.97 Å². The predicted molar refractivity (Wildman–Crippen MR) is 106 cm³/mol. The molecular formula is C22H21N3O3. The maximum atomic E-state index is 11.6. The molecule has 0 aliphatic carbocycles. The minimum absolute atomic E-state index is 0.0632. The lowest BCUT2D eigenvalue weighted by Crippen LogP contribution is -2.32. The number of nitrogens with zero attached hydrogens (tertiary/aromatic N) is 3. The van der Waals surface area contributed by atoms with Gasteiger partial charge in [-0.25, -0.2) is 14.8 Å². The number of ether oxygens (including phenoxy) is 1. The van der Waals surface area contributed by atoms with Gasteiger partial charge in [-0.15, -0.1) is 0 Å². The number of hydrogen-bond donors (Lipinski definition) is 1. The average molecular weight is 375 g/mol. The highest BCUT2D eigenvalue weighted by molar-refractivity contribution is 5.88. The van der Waals surface area contributed by atoms with Gasteiger partial charge in [0.2, 0.25) is 5.95 Å². The van der Waals surface area contributed by atoms with Crippen LogP contribution in [-0.4, -0.2) is 27.6 Å². The van der Waals surface area contributed by atoms with Crippen molar-refractivity contribution >= 4 is 11.9 Å². The molecular weight excluding hydrogens is 354 g/mol. The Morgan fingerprint density at radius 2 is 1.89 bits per heavy atom. The van der Waals surface area contributed by atoms with Crippen molar-refractivity contribution in [2.45, 2.75) is 26.5 Å². The summed E-state index contributed by atoms with van der Waals surface area (Å²) in [6, 6.07) is 15.9. The molecule has 0 spiro atoms. The fourth-order valence-corrected chi connectivity index (χ4v) is 3.30. The fraction of sp³-hybridized carbons (Fsp3) is 0.227. The number of benzene rings is 2.